The van der Waals surface area contributed by atoms with Crippen LogP contribution in [0.15, 0.2) is 42.7 Å². The summed E-state index contributed by atoms with van der Waals surface area (Å²) in [6, 6.07) is 8.22. The van der Waals surface area contributed by atoms with E-state index in [2.05, 4.69) is 9.97 Å². The first-order chi connectivity index (χ1) is 9.95. The van der Waals surface area contributed by atoms with Crippen LogP contribution in [0, 0.1) is 0 Å². The number of aromatic nitrogens is 2. The van der Waals surface area contributed by atoms with Crippen LogP contribution in [-0.2, 0) is 19.1 Å². The molecule has 3 nitrogen and oxygen atoms in total. The lowest BCUT2D eigenvalue weighted by atomic mass is 10.2. The average molecular weight is 295 g/mol. The van der Waals surface area contributed by atoms with Gasteiger partial charge in [-0.2, -0.15) is 13.2 Å². The van der Waals surface area contributed by atoms with Crippen molar-refractivity contribution in [1.29, 1.82) is 0 Å². The fraction of sp³-hybridized carbons (Fsp3) is 0.333. The summed E-state index contributed by atoms with van der Waals surface area (Å²) in [7, 11) is 1.91. The number of rotatable bonds is 5. The normalized spacial score (nSPS) is 11.9. The molecule has 0 aliphatic rings. The lowest BCUT2D eigenvalue weighted by Gasteiger charge is -2.16. The van der Waals surface area contributed by atoms with Crippen LogP contribution in [0.2, 0.25) is 0 Å². The Kier molecular flexibility index (Phi) is 4.90. The Morgan fingerprint density at radius 2 is 1.86 bits per heavy atom. The van der Waals surface area contributed by atoms with Gasteiger partial charge in [0.2, 0.25) is 0 Å². The smallest absolute Gasteiger partial charge is 0.300 e. The molecule has 0 spiro atoms. The average Bonchev–Trinajstić information content (AvgIpc) is 2.46. The van der Waals surface area contributed by atoms with Crippen molar-refractivity contribution >= 4 is 0 Å². The monoisotopic (exact) mass is 295 g/mol. The minimum atomic E-state index is -4.34. The van der Waals surface area contributed by atoms with Crippen LogP contribution in [0.4, 0.5) is 13.2 Å². The Morgan fingerprint density at radius 3 is 2.43 bits per heavy atom. The van der Waals surface area contributed by atoms with E-state index in [4.69, 9.17) is 0 Å². The molecule has 6 heteroatoms. The second-order valence-electron chi connectivity index (χ2n) is 4.84. The zero-order valence-electron chi connectivity index (χ0n) is 11.6. The van der Waals surface area contributed by atoms with E-state index in [1.165, 1.54) is 6.07 Å². The van der Waals surface area contributed by atoms with Gasteiger partial charge in [0, 0.05) is 37.6 Å². The van der Waals surface area contributed by atoms with E-state index in [1.54, 1.807) is 6.20 Å². The number of pyridine rings is 2. The van der Waals surface area contributed by atoms with Crippen molar-refractivity contribution in [2.45, 2.75) is 19.1 Å². The number of nitrogens with zero attached hydrogens (tertiary/aromatic N) is 3. The molecule has 0 aliphatic carbocycles. The molecule has 0 saturated carbocycles. The highest BCUT2D eigenvalue weighted by atomic mass is 19.4. The topological polar surface area (TPSA) is 29.0 Å². The number of hydrogen-bond donors (Lipinski definition) is 0. The zero-order valence-corrected chi connectivity index (χ0v) is 11.6. The summed E-state index contributed by atoms with van der Waals surface area (Å²) < 4.78 is 37.3. The van der Waals surface area contributed by atoms with Crippen molar-refractivity contribution in [3.63, 3.8) is 0 Å². The highest BCUT2D eigenvalue weighted by molar-refractivity contribution is 5.16. The maximum Gasteiger partial charge on any atom is 0.417 e. The Hall–Kier alpha value is -1.95. The van der Waals surface area contributed by atoms with Crippen molar-refractivity contribution in [1.82, 2.24) is 14.9 Å². The van der Waals surface area contributed by atoms with Gasteiger partial charge in [0.1, 0.15) is 0 Å². The third-order valence-corrected chi connectivity index (χ3v) is 3.06. The molecule has 2 heterocycles. The number of likely N-dealkylation sites (N-methyl/N-ethyl adjacent to an activating group) is 1. The Balaban J connectivity index is 1.86. The van der Waals surface area contributed by atoms with Crippen molar-refractivity contribution in [3.05, 3.63) is 59.7 Å². The summed E-state index contributed by atoms with van der Waals surface area (Å²) in [5.74, 6) is 0. The summed E-state index contributed by atoms with van der Waals surface area (Å²) in [6.07, 6.45) is -0.928. The van der Waals surface area contributed by atoms with E-state index in [0.717, 1.165) is 30.9 Å². The molecular weight excluding hydrogens is 279 g/mol. The minimum Gasteiger partial charge on any atom is -0.300 e. The van der Waals surface area contributed by atoms with Crippen molar-refractivity contribution in [3.8, 4) is 0 Å². The van der Waals surface area contributed by atoms with E-state index in [9.17, 15) is 13.2 Å². The van der Waals surface area contributed by atoms with E-state index in [-0.39, 0.29) is 0 Å². The van der Waals surface area contributed by atoms with Crippen LogP contribution in [0.1, 0.15) is 17.0 Å². The predicted molar refractivity (Wildman–Crippen MR) is 73.5 cm³/mol. The standard InChI is InChI=1S/C15H16F3N3/c1-21(9-7-13-4-2-3-8-19-13)11-14-6-5-12(10-20-14)15(16,17)18/h2-6,8,10H,7,9,11H2,1H3. The fourth-order valence-electron chi connectivity index (χ4n) is 1.89. The molecule has 2 aromatic rings. The van der Waals surface area contributed by atoms with Crippen molar-refractivity contribution in [2.24, 2.45) is 0 Å². The Morgan fingerprint density at radius 1 is 1.05 bits per heavy atom. The third-order valence-electron chi connectivity index (χ3n) is 3.06. The van der Waals surface area contributed by atoms with Crippen LogP contribution in [0.3, 0.4) is 0 Å². The summed E-state index contributed by atoms with van der Waals surface area (Å²) in [5, 5.41) is 0. The SMILES string of the molecule is CN(CCc1ccccn1)Cc1ccc(C(F)(F)F)cn1. The quantitative estimate of drug-likeness (QED) is 0.848. The number of halogens is 3. The van der Waals surface area contributed by atoms with Crippen molar-refractivity contribution in [2.75, 3.05) is 13.6 Å². The largest absolute Gasteiger partial charge is 0.417 e. The van der Waals surface area contributed by atoms with Gasteiger partial charge in [-0.05, 0) is 31.3 Å². The van der Waals surface area contributed by atoms with Gasteiger partial charge in [0.15, 0.2) is 0 Å². The molecule has 0 N–H and O–H groups in total. The van der Waals surface area contributed by atoms with E-state index >= 15 is 0 Å². The van der Waals surface area contributed by atoms with E-state index in [0.29, 0.717) is 12.2 Å². The third kappa shape index (κ3) is 4.82. The molecule has 112 valence electrons. The van der Waals surface area contributed by atoms with Crippen molar-refractivity contribution < 1.29 is 13.2 Å². The van der Waals surface area contributed by atoms with Crippen LogP contribution in [0.5, 0.6) is 0 Å². The molecule has 21 heavy (non-hydrogen) atoms. The fourth-order valence-corrected chi connectivity index (χ4v) is 1.89. The molecule has 0 saturated heterocycles. The highest BCUT2D eigenvalue weighted by Gasteiger charge is 2.30. The van der Waals surface area contributed by atoms with Gasteiger partial charge in [-0.3, -0.25) is 9.97 Å². The molecule has 0 atom stereocenters. The van der Waals surface area contributed by atoms with E-state index < -0.39 is 11.7 Å². The van der Waals surface area contributed by atoms with Gasteiger partial charge in [-0.25, -0.2) is 0 Å². The van der Waals surface area contributed by atoms with Gasteiger partial charge < -0.3 is 4.90 Å². The Labute approximate surface area is 121 Å². The van der Waals surface area contributed by atoms with Gasteiger partial charge in [-0.15, -0.1) is 0 Å². The second-order valence-corrected chi connectivity index (χ2v) is 4.84. The maximum absolute atomic E-state index is 12.4. The van der Waals surface area contributed by atoms with Gasteiger partial charge in [0.25, 0.3) is 0 Å². The summed E-state index contributed by atoms with van der Waals surface area (Å²) in [5.41, 5.74) is 0.888. The molecule has 0 radical (unpaired) electrons. The van der Waals surface area contributed by atoms with Crippen LogP contribution < -0.4 is 0 Å². The van der Waals surface area contributed by atoms with Gasteiger partial charge in [0.05, 0.1) is 11.3 Å². The summed E-state index contributed by atoms with van der Waals surface area (Å²) in [6.45, 7) is 1.27. The maximum atomic E-state index is 12.4. The molecule has 2 aromatic heterocycles. The Bertz CT molecular complexity index is 553. The summed E-state index contributed by atoms with van der Waals surface area (Å²) in [4.78, 5) is 10.1. The highest BCUT2D eigenvalue weighted by Crippen LogP contribution is 2.28. The van der Waals surface area contributed by atoms with Crippen LogP contribution in [-0.4, -0.2) is 28.5 Å². The van der Waals surface area contributed by atoms with E-state index in [1.807, 2.05) is 30.1 Å². The zero-order chi connectivity index (χ0) is 15.3. The van der Waals surface area contributed by atoms with Gasteiger partial charge >= 0.3 is 6.18 Å². The molecule has 0 fully saturated rings. The molecule has 0 aliphatic heterocycles. The molecule has 0 bridgehead atoms. The molecule has 0 amide bonds. The number of hydrogen-bond acceptors (Lipinski definition) is 3. The molecule has 0 aromatic carbocycles. The van der Waals surface area contributed by atoms with Gasteiger partial charge in [-0.1, -0.05) is 6.07 Å². The minimum absolute atomic E-state index is 0.505. The lowest BCUT2D eigenvalue weighted by Crippen LogP contribution is -2.21. The first-order valence-electron chi connectivity index (χ1n) is 6.56. The first kappa shape index (κ1) is 15.4. The lowest BCUT2D eigenvalue weighted by molar-refractivity contribution is -0.137. The van der Waals surface area contributed by atoms with Crippen LogP contribution in [0.25, 0.3) is 0 Å². The second kappa shape index (κ2) is 6.67. The predicted octanol–water partition coefficient (Wildman–Crippen LogP) is 3.17. The number of alkyl halides is 3. The first-order valence-corrected chi connectivity index (χ1v) is 6.56. The molecular formula is C15H16F3N3. The molecule has 0 unspecified atom stereocenters. The molecule has 2 rings (SSSR count). The summed E-state index contributed by atoms with van der Waals surface area (Å²) >= 11 is 0. The van der Waals surface area contributed by atoms with Crippen LogP contribution >= 0.6 is 0 Å².